The number of hydrogen-bond donors (Lipinski definition) is 1. The van der Waals surface area contributed by atoms with Gasteiger partial charge in [0.05, 0.1) is 25.1 Å². The standard InChI is InChI=1S/C30H25ClN4O4/c1-18-12-26-28(30(36)35(18)16-19-6-5-11-34-15-19)27(22(14-32)29(33)39-26)20-9-10-24(25(13-20)37-2)38-17-21-7-3-4-8-23(21)31/h3-13,15,27H,16-17,33H2,1-2H3/t27-/m0/s1. The Bertz CT molecular complexity index is 1680. The lowest BCUT2D eigenvalue weighted by Gasteiger charge is -2.28. The summed E-state index contributed by atoms with van der Waals surface area (Å²) in [5, 5.41) is 10.6. The summed E-state index contributed by atoms with van der Waals surface area (Å²) >= 11 is 6.27. The smallest absolute Gasteiger partial charge is 0.259 e. The lowest BCUT2D eigenvalue weighted by Crippen LogP contribution is -2.33. The van der Waals surface area contributed by atoms with Gasteiger partial charge in [0.2, 0.25) is 5.88 Å². The highest BCUT2D eigenvalue weighted by atomic mass is 35.5. The van der Waals surface area contributed by atoms with E-state index in [0.717, 1.165) is 11.1 Å². The van der Waals surface area contributed by atoms with Gasteiger partial charge in [-0.05, 0) is 42.3 Å². The van der Waals surface area contributed by atoms with E-state index < -0.39 is 5.92 Å². The first-order valence-corrected chi connectivity index (χ1v) is 12.5. The molecular weight excluding hydrogens is 516 g/mol. The highest BCUT2D eigenvalue weighted by Crippen LogP contribution is 2.43. The molecule has 1 atom stereocenters. The average molecular weight is 541 g/mol. The summed E-state index contributed by atoms with van der Waals surface area (Å²) in [6.45, 7) is 2.38. The van der Waals surface area contributed by atoms with Crippen molar-refractivity contribution in [1.82, 2.24) is 9.55 Å². The molecule has 2 N–H and O–H groups in total. The molecule has 196 valence electrons. The van der Waals surface area contributed by atoms with Gasteiger partial charge in [-0.3, -0.25) is 9.78 Å². The van der Waals surface area contributed by atoms with Crippen molar-refractivity contribution in [2.45, 2.75) is 26.0 Å². The number of aryl methyl sites for hydroxylation is 1. The van der Waals surface area contributed by atoms with Crippen LogP contribution in [-0.2, 0) is 13.2 Å². The van der Waals surface area contributed by atoms with Crippen molar-refractivity contribution in [2.24, 2.45) is 5.73 Å². The van der Waals surface area contributed by atoms with Crippen molar-refractivity contribution in [1.29, 1.82) is 5.26 Å². The quantitative estimate of drug-likeness (QED) is 0.348. The monoisotopic (exact) mass is 540 g/mol. The minimum atomic E-state index is -0.765. The Labute approximate surface area is 230 Å². The largest absolute Gasteiger partial charge is 0.493 e. The lowest BCUT2D eigenvalue weighted by molar-refractivity contribution is 0.284. The third-order valence-electron chi connectivity index (χ3n) is 6.62. The number of pyridine rings is 2. The van der Waals surface area contributed by atoms with E-state index >= 15 is 0 Å². The fourth-order valence-electron chi connectivity index (χ4n) is 4.64. The van der Waals surface area contributed by atoms with Crippen LogP contribution in [-0.4, -0.2) is 16.7 Å². The number of aromatic nitrogens is 2. The fourth-order valence-corrected chi connectivity index (χ4v) is 4.83. The topological polar surface area (TPSA) is 112 Å². The number of methoxy groups -OCH3 is 1. The van der Waals surface area contributed by atoms with E-state index in [1.54, 1.807) is 47.3 Å². The first-order valence-electron chi connectivity index (χ1n) is 12.2. The molecule has 2 aromatic carbocycles. The number of nitrogens with two attached hydrogens (primary N) is 1. The number of hydrogen-bond acceptors (Lipinski definition) is 7. The third-order valence-corrected chi connectivity index (χ3v) is 6.98. The maximum absolute atomic E-state index is 13.9. The van der Waals surface area contributed by atoms with Gasteiger partial charge in [-0.1, -0.05) is 41.9 Å². The summed E-state index contributed by atoms with van der Waals surface area (Å²) in [5.41, 5.74) is 9.38. The van der Waals surface area contributed by atoms with Gasteiger partial charge in [0.15, 0.2) is 11.5 Å². The first-order chi connectivity index (χ1) is 18.9. The molecule has 3 heterocycles. The Morgan fingerprint density at radius 1 is 1.15 bits per heavy atom. The molecule has 2 aromatic heterocycles. The summed E-state index contributed by atoms with van der Waals surface area (Å²) in [6, 6.07) is 20.3. The second kappa shape index (κ2) is 10.9. The Kier molecular flexibility index (Phi) is 7.26. The SMILES string of the molecule is COc1cc([C@H]2C(C#N)=C(N)Oc3cc(C)n(Cc4cccnc4)c(=O)c32)ccc1OCc1ccccc1Cl. The second-order valence-electron chi connectivity index (χ2n) is 9.03. The molecule has 0 saturated heterocycles. The molecule has 1 aliphatic heterocycles. The predicted molar refractivity (Wildman–Crippen MR) is 147 cm³/mol. The lowest BCUT2D eigenvalue weighted by atomic mass is 9.84. The summed E-state index contributed by atoms with van der Waals surface area (Å²) < 4.78 is 19.0. The number of halogens is 1. The van der Waals surface area contributed by atoms with Crippen LogP contribution in [0.1, 0.15) is 33.9 Å². The Morgan fingerprint density at radius 2 is 1.97 bits per heavy atom. The van der Waals surface area contributed by atoms with Crippen molar-refractivity contribution < 1.29 is 14.2 Å². The first kappa shape index (κ1) is 25.9. The molecule has 39 heavy (non-hydrogen) atoms. The maximum Gasteiger partial charge on any atom is 0.259 e. The van der Waals surface area contributed by atoms with Crippen molar-refractivity contribution in [3.05, 3.63) is 128 Å². The van der Waals surface area contributed by atoms with Crippen molar-refractivity contribution in [2.75, 3.05) is 7.11 Å². The van der Waals surface area contributed by atoms with Gasteiger partial charge in [-0.15, -0.1) is 0 Å². The number of fused-ring (bicyclic) bond motifs is 1. The van der Waals surface area contributed by atoms with E-state index in [4.69, 9.17) is 31.5 Å². The van der Waals surface area contributed by atoms with Crippen LogP contribution < -0.4 is 25.5 Å². The van der Waals surface area contributed by atoms with Crippen LogP contribution >= 0.6 is 11.6 Å². The normalized spacial score (nSPS) is 14.3. The van der Waals surface area contributed by atoms with Gasteiger partial charge in [-0.2, -0.15) is 5.26 Å². The summed E-state index contributed by atoms with van der Waals surface area (Å²) in [4.78, 5) is 18.1. The Balaban J connectivity index is 1.57. The zero-order valence-corrected chi connectivity index (χ0v) is 22.1. The highest BCUT2D eigenvalue weighted by molar-refractivity contribution is 6.31. The van der Waals surface area contributed by atoms with Gasteiger partial charge in [-0.25, -0.2) is 0 Å². The van der Waals surface area contributed by atoms with Crippen LogP contribution in [0.5, 0.6) is 17.2 Å². The fraction of sp³-hybridized carbons (Fsp3) is 0.167. The van der Waals surface area contributed by atoms with Gasteiger partial charge >= 0.3 is 0 Å². The molecule has 0 fully saturated rings. The molecule has 1 aliphatic rings. The Hall–Kier alpha value is -4.74. The molecule has 8 nitrogen and oxygen atoms in total. The zero-order chi connectivity index (χ0) is 27.5. The molecule has 5 rings (SSSR count). The molecular formula is C30H25ClN4O4. The number of rotatable bonds is 7. The predicted octanol–water partition coefficient (Wildman–Crippen LogP) is 5.06. The molecule has 0 aliphatic carbocycles. The zero-order valence-electron chi connectivity index (χ0n) is 21.3. The summed E-state index contributed by atoms with van der Waals surface area (Å²) in [7, 11) is 1.53. The van der Waals surface area contributed by atoms with Crippen molar-refractivity contribution in [3.63, 3.8) is 0 Å². The molecule has 0 spiro atoms. The molecule has 0 saturated carbocycles. The Morgan fingerprint density at radius 3 is 2.69 bits per heavy atom. The van der Waals surface area contributed by atoms with E-state index in [2.05, 4.69) is 11.1 Å². The maximum atomic E-state index is 13.9. The van der Waals surface area contributed by atoms with Crippen LogP contribution in [0.25, 0.3) is 0 Å². The molecule has 0 bridgehead atoms. The van der Waals surface area contributed by atoms with E-state index in [-0.39, 0.29) is 23.6 Å². The van der Waals surface area contributed by atoms with Crippen LogP contribution in [0.2, 0.25) is 5.02 Å². The van der Waals surface area contributed by atoms with Crippen LogP contribution in [0.4, 0.5) is 0 Å². The number of ether oxygens (including phenoxy) is 3. The number of benzene rings is 2. The number of nitrogens with zero attached hydrogens (tertiary/aromatic N) is 3. The van der Waals surface area contributed by atoms with E-state index in [9.17, 15) is 10.1 Å². The van der Waals surface area contributed by atoms with Gasteiger partial charge in [0.25, 0.3) is 5.56 Å². The minimum absolute atomic E-state index is 0.0446. The van der Waals surface area contributed by atoms with Gasteiger partial charge in [0, 0.05) is 34.7 Å². The summed E-state index contributed by atoms with van der Waals surface area (Å²) in [6.07, 6.45) is 3.39. The third kappa shape index (κ3) is 5.05. The minimum Gasteiger partial charge on any atom is -0.493 e. The molecule has 9 heteroatoms. The van der Waals surface area contributed by atoms with Crippen LogP contribution in [0, 0.1) is 18.3 Å². The second-order valence-corrected chi connectivity index (χ2v) is 9.44. The average Bonchev–Trinajstić information content (AvgIpc) is 2.94. The van der Waals surface area contributed by atoms with E-state index in [1.807, 2.05) is 37.3 Å². The van der Waals surface area contributed by atoms with Gasteiger partial charge < -0.3 is 24.5 Å². The van der Waals surface area contributed by atoms with Gasteiger partial charge in [0.1, 0.15) is 24.0 Å². The van der Waals surface area contributed by atoms with Crippen LogP contribution in [0.15, 0.2) is 89.3 Å². The van der Waals surface area contributed by atoms with Crippen LogP contribution in [0.3, 0.4) is 0 Å². The molecule has 0 unspecified atom stereocenters. The highest BCUT2D eigenvalue weighted by Gasteiger charge is 2.35. The summed E-state index contributed by atoms with van der Waals surface area (Å²) in [5.74, 6) is 0.433. The number of nitriles is 1. The van der Waals surface area contributed by atoms with E-state index in [0.29, 0.717) is 45.6 Å². The van der Waals surface area contributed by atoms with E-state index in [1.165, 1.54) is 7.11 Å². The number of allylic oxidation sites excluding steroid dienone is 1. The molecule has 0 radical (unpaired) electrons. The molecule has 0 amide bonds. The molecule has 4 aromatic rings. The van der Waals surface area contributed by atoms with Crippen molar-refractivity contribution in [3.8, 4) is 23.3 Å². The van der Waals surface area contributed by atoms with Crippen molar-refractivity contribution >= 4 is 11.6 Å².